The fourth-order valence-corrected chi connectivity index (χ4v) is 2.88. The first-order valence-corrected chi connectivity index (χ1v) is 8.38. The first-order chi connectivity index (χ1) is 14.2. The Morgan fingerprint density at radius 2 is 1.53 bits per heavy atom. The molecule has 0 spiro atoms. The van der Waals surface area contributed by atoms with Gasteiger partial charge >= 0.3 is 11.9 Å². The number of halogens is 2. The summed E-state index contributed by atoms with van der Waals surface area (Å²) in [6.45, 7) is -0.0712. The van der Waals surface area contributed by atoms with Crippen LogP contribution in [0, 0.1) is 11.6 Å². The minimum absolute atomic E-state index is 0.0275. The number of aromatic carboxylic acids is 2. The van der Waals surface area contributed by atoms with Crippen LogP contribution in [0.25, 0.3) is 11.1 Å². The Morgan fingerprint density at radius 3 is 2.07 bits per heavy atom. The predicted molar refractivity (Wildman–Crippen MR) is 102 cm³/mol. The maximum absolute atomic E-state index is 13.2. The number of benzene rings is 2. The van der Waals surface area contributed by atoms with Crippen LogP contribution in [0.15, 0.2) is 47.3 Å². The maximum Gasteiger partial charge on any atom is 0.342 e. The number of nitrogens with two attached hydrogens (primary N) is 1. The number of carbonyl (C=O) groups is 2. The molecule has 0 aliphatic carbocycles. The van der Waals surface area contributed by atoms with E-state index in [9.17, 15) is 33.4 Å². The first kappa shape index (κ1) is 20.5. The summed E-state index contributed by atoms with van der Waals surface area (Å²) in [5.74, 6) is -5.23. The highest BCUT2D eigenvalue weighted by Gasteiger charge is 2.26. The SMILES string of the molecule is Nc1[nH]c(=O)c(C(=O)O)c(-c2ccc(COc3cc(F)cc(F)c3)cc2)c1C(=O)O. The van der Waals surface area contributed by atoms with Crippen molar-refractivity contribution in [2.75, 3.05) is 5.73 Å². The van der Waals surface area contributed by atoms with Gasteiger partial charge in [0.2, 0.25) is 0 Å². The zero-order chi connectivity index (χ0) is 22.0. The van der Waals surface area contributed by atoms with Gasteiger partial charge in [0.1, 0.15) is 40.9 Å². The Labute approximate surface area is 167 Å². The lowest BCUT2D eigenvalue weighted by Crippen LogP contribution is -2.24. The molecule has 1 heterocycles. The van der Waals surface area contributed by atoms with E-state index in [4.69, 9.17) is 10.5 Å². The Bertz CT molecular complexity index is 1180. The molecule has 0 saturated heterocycles. The molecule has 30 heavy (non-hydrogen) atoms. The van der Waals surface area contributed by atoms with Crippen LogP contribution in [-0.4, -0.2) is 27.1 Å². The number of nitrogens with one attached hydrogen (secondary N) is 1. The van der Waals surface area contributed by atoms with Gasteiger partial charge in [-0.05, 0) is 11.1 Å². The second kappa shape index (κ2) is 8.03. The number of anilines is 1. The smallest absolute Gasteiger partial charge is 0.342 e. The van der Waals surface area contributed by atoms with E-state index in [-0.39, 0.29) is 23.5 Å². The summed E-state index contributed by atoms with van der Waals surface area (Å²) in [5, 5.41) is 18.8. The van der Waals surface area contributed by atoms with Crippen LogP contribution < -0.4 is 16.0 Å². The molecule has 8 nitrogen and oxygen atoms in total. The van der Waals surface area contributed by atoms with Crippen LogP contribution in [0.4, 0.5) is 14.6 Å². The van der Waals surface area contributed by atoms with Gasteiger partial charge in [-0.15, -0.1) is 0 Å². The first-order valence-electron chi connectivity index (χ1n) is 8.38. The molecular weight excluding hydrogens is 402 g/mol. The normalized spacial score (nSPS) is 10.6. The third-order valence-corrected chi connectivity index (χ3v) is 4.16. The van der Waals surface area contributed by atoms with Gasteiger partial charge < -0.3 is 25.7 Å². The summed E-state index contributed by atoms with van der Waals surface area (Å²) in [6.07, 6.45) is 0. The topological polar surface area (TPSA) is 143 Å². The van der Waals surface area contributed by atoms with Gasteiger partial charge in [-0.3, -0.25) is 4.79 Å². The number of carboxylic acid groups (broad SMARTS) is 2. The Hall–Kier alpha value is -4.21. The second-order valence-corrected chi connectivity index (χ2v) is 6.19. The Morgan fingerprint density at radius 1 is 0.967 bits per heavy atom. The van der Waals surface area contributed by atoms with Crippen molar-refractivity contribution in [2.45, 2.75) is 6.61 Å². The molecule has 10 heteroatoms. The van der Waals surface area contributed by atoms with Crippen LogP contribution in [0.3, 0.4) is 0 Å². The average Bonchev–Trinajstić information content (AvgIpc) is 2.64. The molecule has 0 unspecified atom stereocenters. The number of aromatic amines is 1. The highest BCUT2D eigenvalue weighted by molar-refractivity contribution is 6.07. The van der Waals surface area contributed by atoms with Gasteiger partial charge in [0.05, 0.1) is 0 Å². The molecule has 3 rings (SSSR count). The molecule has 154 valence electrons. The quantitative estimate of drug-likeness (QED) is 0.484. The van der Waals surface area contributed by atoms with Crippen molar-refractivity contribution in [3.8, 4) is 16.9 Å². The number of pyridine rings is 1. The molecule has 1 aromatic heterocycles. The van der Waals surface area contributed by atoms with Crippen molar-refractivity contribution in [1.29, 1.82) is 0 Å². The maximum atomic E-state index is 13.2. The van der Waals surface area contributed by atoms with Crippen LogP contribution in [0.2, 0.25) is 0 Å². The van der Waals surface area contributed by atoms with Crippen LogP contribution >= 0.6 is 0 Å². The summed E-state index contributed by atoms with van der Waals surface area (Å²) >= 11 is 0. The number of hydrogen-bond acceptors (Lipinski definition) is 5. The van der Waals surface area contributed by atoms with Crippen LogP contribution in [0.5, 0.6) is 5.75 Å². The zero-order valence-corrected chi connectivity index (χ0v) is 15.1. The highest BCUT2D eigenvalue weighted by atomic mass is 19.1. The molecule has 3 aromatic rings. The summed E-state index contributed by atoms with van der Waals surface area (Å²) in [4.78, 5) is 37.2. The van der Waals surface area contributed by atoms with E-state index < -0.39 is 46.1 Å². The third-order valence-electron chi connectivity index (χ3n) is 4.16. The number of H-pyrrole nitrogens is 1. The lowest BCUT2D eigenvalue weighted by Gasteiger charge is -2.13. The van der Waals surface area contributed by atoms with Gasteiger partial charge in [-0.1, -0.05) is 24.3 Å². The molecular formula is C20H14F2N2O6. The van der Waals surface area contributed by atoms with E-state index in [0.29, 0.717) is 11.6 Å². The fraction of sp³-hybridized carbons (Fsp3) is 0.0500. The molecule has 0 saturated carbocycles. The largest absolute Gasteiger partial charge is 0.489 e. The van der Waals surface area contributed by atoms with Gasteiger partial charge in [0.15, 0.2) is 0 Å². The van der Waals surface area contributed by atoms with E-state index in [1.807, 2.05) is 4.98 Å². The van der Waals surface area contributed by atoms with E-state index in [2.05, 4.69) is 0 Å². The minimum Gasteiger partial charge on any atom is -0.489 e. The fourth-order valence-electron chi connectivity index (χ4n) is 2.88. The van der Waals surface area contributed by atoms with E-state index >= 15 is 0 Å². The Balaban J connectivity index is 1.97. The van der Waals surface area contributed by atoms with Crippen molar-refractivity contribution in [3.05, 3.63) is 81.1 Å². The lowest BCUT2D eigenvalue weighted by molar-refractivity contribution is 0.0695. The highest BCUT2D eigenvalue weighted by Crippen LogP contribution is 2.29. The summed E-state index contributed by atoms with van der Waals surface area (Å²) in [5.41, 5.74) is 3.56. The monoisotopic (exact) mass is 416 g/mol. The molecule has 2 aromatic carbocycles. The molecule has 0 aliphatic heterocycles. The number of nitrogen functional groups attached to an aromatic ring is 1. The van der Waals surface area contributed by atoms with Crippen molar-refractivity contribution in [1.82, 2.24) is 4.98 Å². The van der Waals surface area contributed by atoms with Crippen molar-refractivity contribution in [2.24, 2.45) is 0 Å². The van der Waals surface area contributed by atoms with Crippen molar-refractivity contribution < 1.29 is 33.3 Å². The van der Waals surface area contributed by atoms with E-state index in [1.54, 1.807) is 0 Å². The standard InChI is InChI=1S/C20H14F2N2O6/c21-11-5-12(22)7-13(6-11)30-8-9-1-3-10(4-2-9)14-15(19(26)27)17(23)24-18(25)16(14)20(28)29/h1-7H,8H2,(H,26,27)(H,28,29)(H3,23,24,25). The van der Waals surface area contributed by atoms with Gasteiger partial charge in [0.25, 0.3) is 5.56 Å². The van der Waals surface area contributed by atoms with Crippen LogP contribution in [-0.2, 0) is 6.61 Å². The third kappa shape index (κ3) is 4.12. The summed E-state index contributed by atoms with van der Waals surface area (Å²) < 4.78 is 31.7. The number of rotatable bonds is 6. The lowest BCUT2D eigenvalue weighted by atomic mass is 9.95. The summed E-state index contributed by atoms with van der Waals surface area (Å²) in [6, 6.07) is 8.47. The molecule has 0 atom stereocenters. The van der Waals surface area contributed by atoms with Crippen LogP contribution in [0.1, 0.15) is 26.3 Å². The van der Waals surface area contributed by atoms with E-state index in [1.165, 1.54) is 24.3 Å². The number of ether oxygens (including phenoxy) is 1. The Kier molecular flexibility index (Phi) is 5.50. The number of hydrogen-bond donors (Lipinski definition) is 4. The summed E-state index contributed by atoms with van der Waals surface area (Å²) in [7, 11) is 0. The van der Waals surface area contributed by atoms with Crippen molar-refractivity contribution in [3.63, 3.8) is 0 Å². The number of aromatic nitrogens is 1. The van der Waals surface area contributed by atoms with Gasteiger partial charge in [-0.2, -0.15) is 0 Å². The molecule has 0 aliphatic rings. The molecule has 0 fully saturated rings. The molecule has 0 amide bonds. The minimum atomic E-state index is -1.62. The zero-order valence-electron chi connectivity index (χ0n) is 15.1. The molecule has 0 bridgehead atoms. The van der Waals surface area contributed by atoms with Gasteiger partial charge in [0, 0.05) is 23.8 Å². The molecule has 0 radical (unpaired) electrons. The molecule has 5 N–H and O–H groups in total. The average molecular weight is 416 g/mol. The second-order valence-electron chi connectivity index (χ2n) is 6.19. The predicted octanol–water partition coefficient (Wildman–Crippen LogP) is 2.88. The van der Waals surface area contributed by atoms with Gasteiger partial charge in [-0.25, -0.2) is 18.4 Å². The van der Waals surface area contributed by atoms with E-state index in [0.717, 1.165) is 12.1 Å². The number of carboxylic acids is 2. The van der Waals surface area contributed by atoms with Crippen molar-refractivity contribution >= 4 is 17.8 Å².